The van der Waals surface area contributed by atoms with Gasteiger partial charge in [0, 0.05) is 12.1 Å². The molecule has 1 aliphatic carbocycles. The van der Waals surface area contributed by atoms with Gasteiger partial charge in [-0.05, 0) is 38.5 Å². The van der Waals surface area contributed by atoms with Gasteiger partial charge in [-0.1, -0.05) is 30.3 Å². The van der Waals surface area contributed by atoms with Crippen LogP contribution in [-0.4, -0.2) is 17.9 Å². The van der Waals surface area contributed by atoms with Crippen molar-refractivity contribution >= 4 is 17.5 Å². The summed E-state index contributed by atoms with van der Waals surface area (Å²) in [4.78, 5) is 24.7. The van der Waals surface area contributed by atoms with E-state index in [1.54, 1.807) is 30.3 Å². The van der Waals surface area contributed by atoms with Crippen LogP contribution in [0, 0.1) is 17.7 Å². The molecule has 0 radical (unpaired) electrons. The van der Waals surface area contributed by atoms with Crippen LogP contribution in [0.4, 0.5) is 10.1 Å². The summed E-state index contributed by atoms with van der Waals surface area (Å²) in [6.45, 7) is 3.94. The predicted octanol–water partition coefficient (Wildman–Crippen LogP) is 3.50. The molecule has 1 fully saturated rings. The average Bonchev–Trinajstić information content (AvgIpc) is 3.43. The first-order valence-electron chi connectivity index (χ1n) is 9.03. The fourth-order valence-corrected chi connectivity index (χ4v) is 2.88. The number of hydrogen-bond donors (Lipinski definition) is 2. The van der Waals surface area contributed by atoms with Crippen molar-refractivity contribution in [1.29, 1.82) is 0 Å². The second-order valence-electron chi connectivity index (χ2n) is 6.91. The smallest absolute Gasteiger partial charge is 0.228 e. The van der Waals surface area contributed by atoms with Crippen molar-refractivity contribution < 1.29 is 18.7 Å². The minimum absolute atomic E-state index is 0.0131. The Balaban J connectivity index is 1.53. The molecule has 1 aliphatic rings. The molecule has 2 amide bonds. The van der Waals surface area contributed by atoms with Gasteiger partial charge in [0.05, 0.1) is 23.6 Å². The van der Waals surface area contributed by atoms with Gasteiger partial charge in [-0.25, -0.2) is 4.39 Å². The van der Waals surface area contributed by atoms with Crippen molar-refractivity contribution in [3.63, 3.8) is 0 Å². The number of carbonyl (C=O) groups excluding carboxylic acids is 2. The number of rotatable bonds is 7. The predicted molar refractivity (Wildman–Crippen MR) is 101 cm³/mol. The molecule has 1 saturated carbocycles. The fraction of sp³-hybridized carbons (Fsp3) is 0.333. The number of para-hydroxylation sites is 2. The van der Waals surface area contributed by atoms with E-state index >= 15 is 0 Å². The molecule has 2 unspecified atom stereocenters. The van der Waals surface area contributed by atoms with E-state index in [0.29, 0.717) is 23.4 Å². The first kappa shape index (κ1) is 18.9. The van der Waals surface area contributed by atoms with E-state index in [1.165, 1.54) is 6.07 Å². The Labute approximate surface area is 157 Å². The van der Waals surface area contributed by atoms with Gasteiger partial charge >= 0.3 is 0 Å². The number of anilines is 1. The van der Waals surface area contributed by atoms with Crippen LogP contribution >= 0.6 is 0 Å². The van der Waals surface area contributed by atoms with Crippen molar-refractivity contribution in [3.8, 4) is 5.75 Å². The highest BCUT2D eigenvalue weighted by Crippen LogP contribution is 2.40. The van der Waals surface area contributed by atoms with Crippen LogP contribution in [0.2, 0.25) is 0 Å². The van der Waals surface area contributed by atoms with Crippen LogP contribution < -0.4 is 15.4 Å². The summed E-state index contributed by atoms with van der Waals surface area (Å²) in [7, 11) is 0. The quantitative estimate of drug-likeness (QED) is 0.784. The highest BCUT2D eigenvalue weighted by molar-refractivity contribution is 6.00. The molecule has 3 rings (SSSR count). The minimum Gasteiger partial charge on any atom is -0.489 e. The van der Waals surface area contributed by atoms with Crippen LogP contribution in [0.3, 0.4) is 0 Å². The lowest BCUT2D eigenvalue weighted by molar-refractivity contribution is -0.125. The normalized spacial score (nSPS) is 18.1. The van der Waals surface area contributed by atoms with Crippen molar-refractivity contribution in [2.75, 3.05) is 5.32 Å². The molecule has 27 heavy (non-hydrogen) atoms. The first-order chi connectivity index (χ1) is 13.0. The van der Waals surface area contributed by atoms with Crippen molar-refractivity contribution in [3.05, 3.63) is 59.9 Å². The number of halogens is 1. The van der Waals surface area contributed by atoms with E-state index in [-0.39, 0.29) is 42.1 Å². The van der Waals surface area contributed by atoms with E-state index in [1.807, 2.05) is 26.0 Å². The molecule has 0 saturated heterocycles. The molecule has 0 bridgehead atoms. The summed E-state index contributed by atoms with van der Waals surface area (Å²) in [5, 5.41) is 5.55. The number of amides is 2. The molecule has 2 aromatic rings. The maximum absolute atomic E-state index is 13.6. The summed E-state index contributed by atoms with van der Waals surface area (Å²) in [6, 6.07) is 13.5. The molecule has 6 heteroatoms. The standard InChI is InChI=1S/C21H23FN2O3/c1-13(2)27-19-10-6-5-9-18(19)24-21(26)16-11-15(16)20(25)23-12-14-7-3-4-8-17(14)22/h3-10,13,15-16H,11-12H2,1-2H3,(H,23,25)(H,24,26). The number of carbonyl (C=O) groups is 2. The Morgan fingerprint density at radius 2 is 1.74 bits per heavy atom. The van der Waals surface area contributed by atoms with Crippen molar-refractivity contribution in [2.45, 2.75) is 32.9 Å². The van der Waals surface area contributed by atoms with E-state index in [4.69, 9.17) is 4.74 Å². The van der Waals surface area contributed by atoms with Crippen LogP contribution in [-0.2, 0) is 16.1 Å². The number of hydrogen-bond acceptors (Lipinski definition) is 3. The molecule has 0 heterocycles. The summed E-state index contributed by atoms with van der Waals surface area (Å²) in [6.07, 6.45) is 0.475. The third-order valence-electron chi connectivity index (χ3n) is 4.38. The third-order valence-corrected chi connectivity index (χ3v) is 4.38. The average molecular weight is 370 g/mol. The first-order valence-corrected chi connectivity index (χ1v) is 9.03. The molecule has 0 spiro atoms. The van der Waals surface area contributed by atoms with Crippen LogP contribution in [0.5, 0.6) is 5.75 Å². The van der Waals surface area contributed by atoms with Gasteiger partial charge in [-0.15, -0.1) is 0 Å². The molecule has 2 aromatic carbocycles. The second kappa shape index (κ2) is 8.20. The van der Waals surface area contributed by atoms with Gasteiger partial charge in [-0.3, -0.25) is 9.59 Å². The van der Waals surface area contributed by atoms with Gasteiger partial charge in [0.1, 0.15) is 11.6 Å². The zero-order valence-electron chi connectivity index (χ0n) is 15.4. The largest absolute Gasteiger partial charge is 0.489 e. The zero-order valence-corrected chi connectivity index (χ0v) is 15.4. The highest BCUT2D eigenvalue weighted by atomic mass is 19.1. The lowest BCUT2D eigenvalue weighted by Gasteiger charge is -2.14. The highest BCUT2D eigenvalue weighted by Gasteiger charge is 2.48. The Bertz CT molecular complexity index is 838. The van der Waals surface area contributed by atoms with Gasteiger partial charge in [-0.2, -0.15) is 0 Å². The molecule has 0 aliphatic heterocycles. The van der Waals surface area contributed by atoms with Gasteiger partial charge in [0.2, 0.25) is 11.8 Å². The van der Waals surface area contributed by atoms with Crippen molar-refractivity contribution in [1.82, 2.24) is 5.32 Å². The third kappa shape index (κ3) is 4.84. The lowest BCUT2D eigenvalue weighted by Crippen LogP contribution is -2.27. The molecular formula is C21H23FN2O3. The molecule has 142 valence electrons. The maximum atomic E-state index is 13.6. The molecule has 0 aromatic heterocycles. The van der Waals surface area contributed by atoms with Crippen LogP contribution in [0.1, 0.15) is 25.8 Å². The minimum atomic E-state index is -0.380. The molecule has 2 atom stereocenters. The molecule has 5 nitrogen and oxygen atoms in total. The van der Waals surface area contributed by atoms with E-state index in [0.717, 1.165) is 0 Å². The fourth-order valence-electron chi connectivity index (χ4n) is 2.88. The Morgan fingerprint density at radius 1 is 1.07 bits per heavy atom. The topological polar surface area (TPSA) is 67.4 Å². The van der Waals surface area contributed by atoms with Crippen LogP contribution in [0.25, 0.3) is 0 Å². The van der Waals surface area contributed by atoms with Gasteiger partial charge in [0.25, 0.3) is 0 Å². The zero-order chi connectivity index (χ0) is 19.4. The second-order valence-corrected chi connectivity index (χ2v) is 6.91. The summed E-state index contributed by atoms with van der Waals surface area (Å²) in [5.41, 5.74) is 1.01. The maximum Gasteiger partial charge on any atom is 0.228 e. The monoisotopic (exact) mass is 370 g/mol. The molecule has 2 N–H and O–H groups in total. The van der Waals surface area contributed by atoms with Crippen LogP contribution in [0.15, 0.2) is 48.5 Å². The number of nitrogens with one attached hydrogen (secondary N) is 2. The van der Waals surface area contributed by atoms with Gasteiger partial charge in [0.15, 0.2) is 0 Å². The Morgan fingerprint density at radius 3 is 2.48 bits per heavy atom. The Kier molecular flexibility index (Phi) is 5.74. The van der Waals surface area contributed by atoms with E-state index in [2.05, 4.69) is 10.6 Å². The van der Waals surface area contributed by atoms with E-state index in [9.17, 15) is 14.0 Å². The van der Waals surface area contributed by atoms with Gasteiger partial charge < -0.3 is 15.4 Å². The Hall–Kier alpha value is -2.89. The number of ether oxygens (including phenoxy) is 1. The van der Waals surface area contributed by atoms with Crippen molar-refractivity contribution in [2.24, 2.45) is 11.8 Å². The summed E-state index contributed by atoms with van der Waals surface area (Å²) < 4.78 is 19.3. The molecular weight excluding hydrogens is 347 g/mol. The number of benzene rings is 2. The SMILES string of the molecule is CC(C)Oc1ccccc1NC(=O)C1CC1C(=O)NCc1ccccc1F. The summed E-state index contributed by atoms with van der Waals surface area (Å²) >= 11 is 0. The van der Waals surface area contributed by atoms with E-state index < -0.39 is 0 Å². The lowest BCUT2D eigenvalue weighted by atomic mass is 10.2. The summed E-state index contributed by atoms with van der Waals surface area (Å²) in [5.74, 6) is -0.953.